The minimum atomic E-state index is -0.335. The van der Waals surface area contributed by atoms with Crippen LogP contribution in [0.5, 0.6) is 0 Å². The van der Waals surface area contributed by atoms with E-state index in [0.29, 0.717) is 36.1 Å². The maximum Gasteiger partial charge on any atom is 0.275 e. The summed E-state index contributed by atoms with van der Waals surface area (Å²) in [6.07, 6.45) is 2.84. The number of allylic oxidation sites excluding steroid dienone is 1. The molecule has 1 unspecified atom stereocenters. The van der Waals surface area contributed by atoms with E-state index < -0.39 is 0 Å². The van der Waals surface area contributed by atoms with Crippen LogP contribution >= 0.6 is 0 Å². The van der Waals surface area contributed by atoms with Gasteiger partial charge in [-0.3, -0.25) is 9.59 Å². The molecule has 1 atom stereocenters. The second-order valence-electron chi connectivity index (χ2n) is 11.2. The van der Waals surface area contributed by atoms with E-state index in [9.17, 15) is 14.7 Å². The highest BCUT2D eigenvalue weighted by Gasteiger charge is 2.25. The van der Waals surface area contributed by atoms with Crippen molar-refractivity contribution in [3.05, 3.63) is 34.4 Å². The van der Waals surface area contributed by atoms with Gasteiger partial charge in [-0.2, -0.15) is 0 Å². The Morgan fingerprint density at radius 2 is 1.36 bits per heavy atom. The van der Waals surface area contributed by atoms with Crippen LogP contribution < -0.4 is 5.32 Å². The van der Waals surface area contributed by atoms with E-state index in [1.54, 1.807) is 6.92 Å². The van der Waals surface area contributed by atoms with E-state index in [0.717, 1.165) is 47.9 Å². The fourth-order valence-corrected chi connectivity index (χ4v) is 3.65. The predicted octanol–water partition coefficient (Wildman–Crippen LogP) is 2.38. The molecule has 0 saturated carbocycles. The van der Waals surface area contributed by atoms with Crippen LogP contribution in [0.15, 0.2) is 12.2 Å². The first-order valence-electron chi connectivity index (χ1n) is 11.1. The second-order valence-corrected chi connectivity index (χ2v) is 11.2. The van der Waals surface area contributed by atoms with Gasteiger partial charge in [0.25, 0.3) is 5.91 Å². The molecular weight excluding hydrogens is 416 g/mol. The lowest BCUT2D eigenvalue weighted by molar-refractivity contribution is -0.907. The molecule has 0 bridgehead atoms. The molecule has 0 spiro atoms. The lowest BCUT2D eigenvalue weighted by Gasteiger charge is -2.34. The molecule has 2 N–H and O–H groups in total. The Bertz CT molecular complexity index is 566. The Labute approximate surface area is 207 Å². The molecule has 0 aromatic heterocycles. The summed E-state index contributed by atoms with van der Waals surface area (Å²) in [4.78, 5) is 23.9. The lowest BCUT2D eigenvalue weighted by atomic mass is 10.1. The molecule has 0 radical (unpaired) electrons. The number of unbranched alkanes of at least 4 members (excludes halogenated alkanes) is 1. The third kappa shape index (κ3) is 22.3. The maximum atomic E-state index is 12.3. The first kappa shape index (κ1) is 39.0. The minimum Gasteiger partial charge on any atom is -0.382 e. The zero-order valence-corrected chi connectivity index (χ0v) is 24.0. The van der Waals surface area contributed by atoms with Crippen LogP contribution in [0.25, 0.3) is 0 Å². The summed E-state index contributed by atoms with van der Waals surface area (Å²) in [6.45, 7) is 9.73. The van der Waals surface area contributed by atoms with Gasteiger partial charge in [-0.05, 0) is 25.3 Å². The van der Waals surface area contributed by atoms with E-state index in [2.05, 4.69) is 61.2 Å². The summed E-state index contributed by atoms with van der Waals surface area (Å²) in [7, 11) is 14.6. The van der Waals surface area contributed by atoms with Gasteiger partial charge in [0.15, 0.2) is 18.4 Å². The molecule has 0 aliphatic rings. The number of nitrogens with one attached hydrogen (secondary N) is 1. The fourth-order valence-electron chi connectivity index (χ4n) is 3.65. The molecule has 0 aromatic rings. The minimum absolute atomic E-state index is 0. The number of aliphatic hydroxyl groups excluding tert-OH is 1. The second kappa shape index (κ2) is 17.2. The van der Waals surface area contributed by atoms with Gasteiger partial charge >= 0.3 is 0 Å². The van der Waals surface area contributed by atoms with Gasteiger partial charge in [0.2, 0.25) is 0 Å². The molecule has 0 fully saturated rings. The number of amides is 1. The number of hydrogen-bond donors (Lipinski definition) is 2. The number of carbonyl (C=O) groups excluding carboxylic acids is 2. The topological polar surface area (TPSA) is 66.4 Å². The van der Waals surface area contributed by atoms with Crippen molar-refractivity contribution in [1.29, 1.82) is 0 Å². The maximum absolute atomic E-state index is 12.3. The number of aliphatic hydroxyl groups is 1. The number of Topliss-reactive ketones (excluding diaryl/α,β-unsaturated/α-hetero) is 1. The molecule has 1 amide bonds. The molecule has 0 aromatic carbocycles. The summed E-state index contributed by atoms with van der Waals surface area (Å²) in [6, 6.07) is 0. The zero-order chi connectivity index (χ0) is 23.6. The van der Waals surface area contributed by atoms with Crippen molar-refractivity contribution >= 4 is 11.7 Å². The fraction of sp³-hybridized carbons (Fsp3) is 0.731. The lowest BCUT2D eigenvalue weighted by Crippen LogP contribution is -2.52. The SMILES string of the molecule is C=C(C)C(=O)CCCC[N+](C)(C)CC(=O)NCCC[N+](C)(C)CC(O)C[N+](C)(C)C.[CH3-].[CH3-].[CH3-]. The van der Waals surface area contributed by atoms with Crippen molar-refractivity contribution in [1.82, 2.24) is 5.32 Å². The number of rotatable bonds is 16. The average Bonchev–Trinajstić information content (AvgIpc) is 2.52. The monoisotopic (exact) mass is 474 g/mol. The van der Waals surface area contributed by atoms with Gasteiger partial charge in [-0.1, -0.05) is 6.58 Å². The normalized spacial score (nSPS) is 12.5. The van der Waals surface area contributed by atoms with Crippen LogP contribution in [0.4, 0.5) is 0 Å². The van der Waals surface area contributed by atoms with Gasteiger partial charge in [0.05, 0.1) is 62.4 Å². The smallest absolute Gasteiger partial charge is 0.275 e. The van der Waals surface area contributed by atoms with Crippen LogP contribution in [0.1, 0.15) is 32.6 Å². The van der Waals surface area contributed by atoms with Gasteiger partial charge < -0.3 is 46.2 Å². The third-order valence-electron chi connectivity index (χ3n) is 5.19. The molecule has 7 nitrogen and oxygen atoms in total. The number of carbonyl (C=O) groups is 2. The number of ketones is 1. The Morgan fingerprint density at radius 1 is 0.848 bits per heavy atom. The van der Waals surface area contributed by atoms with Crippen LogP contribution in [-0.2, 0) is 9.59 Å². The molecule has 0 heterocycles. The van der Waals surface area contributed by atoms with Crippen molar-refractivity contribution < 1.29 is 28.1 Å². The van der Waals surface area contributed by atoms with Gasteiger partial charge in [0, 0.05) is 19.4 Å². The predicted molar refractivity (Wildman–Crippen MR) is 143 cm³/mol. The highest BCUT2D eigenvalue weighted by Crippen LogP contribution is 2.07. The standard InChI is InChI=1S/C23H48N4O3.3CH3/c1-20(2)22(29)13-10-11-15-27(8,9)19-23(30)24-14-12-16-26(6,7)18-21(28)17-25(3,4)5;;;/h21,28H,1,10-19H2,2-9H3;3*1H3/q+2;3*-1/p+1. The summed E-state index contributed by atoms with van der Waals surface area (Å²) in [5.74, 6) is 0.192. The molecule has 0 saturated heterocycles. The van der Waals surface area contributed by atoms with E-state index in [4.69, 9.17) is 0 Å². The van der Waals surface area contributed by atoms with Gasteiger partial charge in [-0.25, -0.2) is 0 Å². The van der Waals surface area contributed by atoms with Crippen LogP contribution in [0.3, 0.4) is 0 Å². The zero-order valence-electron chi connectivity index (χ0n) is 24.0. The quantitative estimate of drug-likeness (QED) is 0.156. The first-order chi connectivity index (χ1) is 13.5. The van der Waals surface area contributed by atoms with E-state index in [1.165, 1.54) is 0 Å². The number of likely N-dealkylation sites (N-methyl/N-ethyl adjacent to an activating group) is 3. The molecule has 0 aliphatic carbocycles. The number of quaternary nitrogens is 3. The number of nitrogens with zero attached hydrogens (tertiary/aromatic N) is 3. The molecule has 7 heteroatoms. The molecule has 200 valence electrons. The van der Waals surface area contributed by atoms with E-state index in [1.807, 2.05) is 0 Å². The van der Waals surface area contributed by atoms with Gasteiger partial charge in [0.1, 0.15) is 13.1 Å². The van der Waals surface area contributed by atoms with Gasteiger partial charge in [-0.15, -0.1) is 0 Å². The van der Waals surface area contributed by atoms with Crippen LogP contribution in [0.2, 0.25) is 0 Å². The first-order valence-corrected chi connectivity index (χ1v) is 11.1. The largest absolute Gasteiger partial charge is 0.382 e. The van der Waals surface area contributed by atoms with Crippen molar-refractivity contribution in [2.75, 3.05) is 88.6 Å². The molecule has 0 rings (SSSR count). The Kier molecular flexibility index (Phi) is 20.3. The third-order valence-corrected chi connectivity index (χ3v) is 5.19. The molecule has 33 heavy (non-hydrogen) atoms. The van der Waals surface area contributed by atoms with Crippen molar-refractivity contribution in [2.24, 2.45) is 0 Å². The Balaban J connectivity index is -0.00000140. The van der Waals surface area contributed by atoms with Crippen LogP contribution in [0, 0.1) is 22.3 Å². The Morgan fingerprint density at radius 3 is 1.85 bits per heavy atom. The molecule has 0 aliphatic heterocycles. The van der Waals surface area contributed by atoms with Crippen molar-refractivity contribution in [3.63, 3.8) is 0 Å². The van der Waals surface area contributed by atoms with Crippen LogP contribution in [-0.4, -0.2) is 125 Å². The summed E-state index contributed by atoms with van der Waals surface area (Å²) in [5, 5.41) is 13.3. The average molecular weight is 475 g/mol. The highest BCUT2D eigenvalue weighted by atomic mass is 16.3. The van der Waals surface area contributed by atoms with Crippen molar-refractivity contribution in [3.8, 4) is 0 Å². The number of hydrogen-bond acceptors (Lipinski definition) is 3. The highest BCUT2D eigenvalue weighted by molar-refractivity contribution is 5.93. The summed E-state index contributed by atoms with van der Waals surface area (Å²) in [5.41, 5.74) is 0.618. The van der Waals surface area contributed by atoms with E-state index in [-0.39, 0.29) is 40.1 Å². The Hall–Kier alpha value is -1.28. The summed E-state index contributed by atoms with van der Waals surface area (Å²) >= 11 is 0. The van der Waals surface area contributed by atoms with Crippen molar-refractivity contribution in [2.45, 2.75) is 38.7 Å². The van der Waals surface area contributed by atoms with E-state index >= 15 is 0 Å². The summed E-state index contributed by atoms with van der Waals surface area (Å²) < 4.78 is 2.10. The molecular formula is C26H58N4O3.